The number of hydrazine groups is 1. The fourth-order valence-electron chi connectivity index (χ4n) is 2.77. The lowest BCUT2D eigenvalue weighted by Crippen LogP contribution is -2.35. The molecule has 0 aromatic carbocycles. The van der Waals surface area contributed by atoms with Crippen molar-refractivity contribution < 1.29 is 9.59 Å². The number of amides is 2. The first-order valence-corrected chi connectivity index (χ1v) is 8.04. The Morgan fingerprint density at radius 3 is 2.52 bits per heavy atom. The molecular formula is C16H25N5O2. The Balaban J connectivity index is 1.59. The number of pyridine rings is 1. The maximum absolute atomic E-state index is 11.9. The van der Waals surface area contributed by atoms with Crippen molar-refractivity contribution in [3.63, 3.8) is 0 Å². The summed E-state index contributed by atoms with van der Waals surface area (Å²) >= 11 is 0. The van der Waals surface area contributed by atoms with E-state index in [9.17, 15) is 9.59 Å². The lowest BCUT2D eigenvalue weighted by atomic mass is 9.91. The molecule has 2 unspecified atom stereocenters. The van der Waals surface area contributed by atoms with Crippen LogP contribution in [0, 0.1) is 5.92 Å². The molecule has 1 aromatic heterocycles. The summed E-state index contributed by atoms with van der Waals surface area (Å²) in [7, 11) is 0. The minimum absolute atomic E-state index is 0.0203. The van der Waals surface area contributed by atoms with Gasteiger partial charge in [-0.1, -0.05) is 0 Å². The predicted octanol–water partition coefficient (Wildman–Crippen LogP) is 0.209. The van der Waals surface area contributed by atoms with Crippen LogP contribution in [-0.4, -0.2) is 42.0 Å². The SMILES string of the molecule is CC1NNC(C)C1CCC(=O)NCCNC(=O)c1cccnc1. The van der Waals surface area contributed by atoms with Gasteiger partial charge in [-0.05, 0) is 38.3 Å². The maximum atomic E-state index is 11.9. The number of carbonyl (C=O) groups is 2. The largest absolute Gasteiger partial charge is 0.354 e. The van der Waals surface area contributed by atoms with Crippen LogP contribution in [0.5, 0.6) is 0 Å². The van der Waals surface area contributed by atoms with Gasteiger partial charge in [0.1, 0.15) is 0 Å². The summed E-state index contributed by atoms with van der Waals surface area (Å²) in [6.45, 7) is 5.07. The normalized spacial score (nSPS) is 23.5. The summed E-state index contributed by atoms with van der Waals surface area (Å²) in [5.41, 5.74) is 6.89. The molecule has 7 nitrogen and oxygen atoms in total. The third kappa shape index (κ3) is 5.30. The van der Waals surface area contributed by atoms with Crippen molar-refractivity contribution in [1.82, 2.24) is 26.5 Å². The van der Waals surface area contributed by atoms with Crippen LogP contribution >= 0.6 is 0 Å². The van der Waals surface area contributed by atoms with E-state index in [1.165, 1.54) is 6.20 Å². The van der Waals surface area contributed by atoms with Crippen LogP contribution in [0.2, 0.25) is 0 Å². The van der Waals surface area contributed by atoms with Crippen LogP contribution in [0.25, 0.3) is 0 Å². The van der Waals surface area contributed by atoms with Gasteiger partial charge in [-0.2, -0.15) is 0 Å². The van der Waals surface area contributed by atoms with Crippen molar-refractivity contribution >= 4 is 11.8 Å². The topological polar surface area (TPSA) is 95.1 Å². The summed E-state index contributed by atoms with van der Waals surface area (Å²) < 4.78 is 0. The first-order valence-electron chi connectivity index (χ1n) is 8.04. The van der Waals surface area contributed by atoms with Crippen LogP contribution in [0.4, 0.5) is 0 Å². The zero-order chi connectivity index (χ0) is 16.7. The Hall–Kier alpha value is -1.99. The number of nitrogens with one attached hydrogen (secondary N) is 4. The van der Waals surface area contributed by atoms with E-state index in [1.54, 1.807) is 18.3 Å². The lowest BCUT2D eigenvalue weighted by molar-refractivity contribution is -0.121. The molecule has 2 amide bonds. The van der Waals surface area contributed by atoms with E-state index in [4.69, 9.17) is 0 Å². The van der Waals surface area contributed by atoms with E-state index in [-0.39, 0.29) is 11.8 Å². The van der Waals surface area contributed by atoms with Crippen LogP contribution in [0.15, 0.2) is 24.5 Å². The second kappa shape index (κ2) is 8.59. The highest BCUT2D eigenvalue weighted by atomic mass is 16.2. The molecule has 2 rings (SSSR count). The highest BCUT2D eigenvalue weighted by Gasteiger charge is 2.29. The highest BCUT2D eigenvalue weighted by Crippen LogP contribution is 2.19. The summed E-state index contributed by atoms with van der Waals surface area (Å²) in [6.07, 6.45) is 4.48. The minimum Gasteiger partial charge on any atom is -0.354 e. The average Bonchev–Trinajstić information content (AvgIpc) is 2.88. The molecular weight excluding hydrogens is 294 g/mol. The fraction of sp³-hybridized carbons (Fsp3) is 0.562. The maximum Gasteiger partial charge on any atom is 0.252 e. The Morgan fingerprint density at radius 1 is 1.17 bits per heavy atom. The van der Waals surface area contributed by atoms with Gasteiger partial charge in [-0.15, -0.1) is 0 Å². The molecule has 4 N–H and O–H groups in total. The minimum atomic E-state index is -0.182. The number of hydrogen-bond acceptors (Lipinski definition) is 5. The monoisotopic (exact) mass is 319 g/mol. The lowest BCUT2D eigenvalue weighted by Gasteiger charge is -2.17. The van der Waals surface area contributed by atoms with Gasteiger partial charge in [0, 0.05) is 44.0 Å². The number of hydrogen-bond donors (Lipinski definition) is 4. The van der Waals surface area contributed by atoms with Gasteiger partial charge in [-0.3, -0.25) is 25.4 Å². The Labute approximate surface area is 136 Å². The molecule has 0 radical (unpaired) electrons. The zero-order valence-corrected chi connectivity index (χ0v) is 13.6. The van der Waals surface area contributed by atoms with Gasteiger partial charge in [0.05, 0.1) is 5.56 Å². The molecule has 1 fully saturated rings. The van der Waals surface area contributed by atoms with E-state index in [2.05, 4.69) is 40.3 Å². The van der Waals surface area contributed by atoms with Crippen molar-refractivity contribution in [3.8, 4) is 0 Å². The molecule has 126 valence electrons. The second-order valence-corrected chi connectivity index (χ2v) is 5.92. The van der Waals surface area contributed by atoms with Crippen molar-refractivity contribution in [2.24, 2.45) is 5.92 Å². The molecule has 2 heterocycles. The van der Waals surface area contributed by atoms with E-state index in [0.717, 1.165) is 6.42 Å². The first kappa shape index (κ1) is 17.4. The third-order valence-electron chi connectivity index (χ3n) is 4.18. The van der Waals surface area contributed by atoms with Crippen LogP contribution < -0.4 is 21.5 Å². The molecule has 1 saturated heterocycles. The highest BCUT2D eigenvalue weighted by molar-refractivity contribution is 5.93. The Morgan fingerprint density at radius 2 is 1.87 bits per heavy atom. The van der Waals surface area contributed by atoms with Crippen LogP contribution in [0.1, 0.15) is 37.0 Å². The molecule has 0 saturated carbocycles. The quantitative estimate of drug-likeness (QED) is 0.539. The van der Waals surface area contributed by atoms with E-state index >= 15 is 0 Å². The van der Waals surface area contributed by atoms with Gasteiger partial charge in [0.15, 0.2) is 0 Å². The van der Waals surface area contributed by atoms with Crippen molar-refractivity contribution in [2.75, 3.05) is 13.1 Å². The van der Waals surface area contributed by atoms with Gasteiger partial charge in [-0.25, -0.2) is 0 Å². The Kier molecular flexibility index (Phi) is 6.49. The molecule has 23 heavy (non-hydrogen) atoms. The van der Waals surface area contributed by atoms with Gasteiger partial charge >= 0.3 is 0 Å². The number of carbonyl (C=O) groups excluding carboxylic acids is 2. The molecule has 7 heteroatoms. The molecule has 0 spiro atoms. The summed E-state index contributed by atoms with van der Waals surface area (Å²) in [4.78, 5) is 27.5. The molecule has 1 aliphatic rings. The molecule has 2 atom stereocenters. The van der Waals surface area contributed by atoms with Crippen molar-refractivity contribution in [2.45, 2.75) is 38.8 Å². The third-order valence-corrected chi connectivity index (χ3v) is 4.18. The second-order valence-electron chi connectivity index (χ2n) is 5.92. The predicted molar refractivity (Wildman–Crippen MR) is 87.5 cm³/mol. The number of nitrogens with zero attached hydrogens (tertiary/aromatic N) is 1. The van der Waals surface area contributed by atoms with Crippen molar-refractivity contribution in [3.05, 3.63) is 30.1 Å². The van der Waals surface area contributed by atoms with Gasteiger partial charge in [0.25, 0.3) is 5.91 Å². The standard InChI is InChI=1S/C16H25N5O2/c1-11-14(12(2)21-20-11)5-6-15(22)18-8-9-19-16(23)13-4-3-7-17-10-13/h3-4,7,10-12,14,20-21H,5-6,8-9H2,1-2H3,(H,18,22)(H,19,23). The summed E-state index contributed by atoms with van der Waals surface area (Å²) in [6, 6.07) is 4.16. The molecule has 0 aliphatic carbocycles. The molecule has 0 bridgehead atoms. The van der Waals surface area contributed by atoms with Crippen LogP contribution in [0.3, 0.4) is 0 Å². The van der Waals surface area contributed by atoms with E-state index in [1.807, 2.05) is 0 Å². The summed E-state index contributed by atoms with van der Waals surface area (Å²) in [5.74, 6) is 0.288. The smallest absolute Gasteiger partial charge is 0.252 e. The average molecular weight is 319 g/mol. The number of aromatic nitrogens is 1. The summed E-state index contributed by atoms with van der Waals surface area (Å²) in [5, 5.41) is 5.58. The zero-order valence-electron chi connectivity index (χ0n) is 13.6. The van der Waals surface area contributed by atoms with E-state index in [0.29, 0.717) is 43.1 Å². The fourth-order valence-corrected chi connectivity index (χ4v) is 2.77. The Bertz CT molecular complexity index is 512. The first-order chi connectivity index (χ1) is 11.1. The number of rotatable bonds is 7. The van der Waals surface area contributed by atoms with Gasteiger partial charge < -0.3 is 10.6 Å². The van der Waals surface area contributed by atoms with Crippen molar-refractivity contribution in [1.29, 1.82) is 0 Å². The van der Waals surface area contributed by atoms with Gasteiger partial charge in [0.2, 0.25) is 5.91 Å². The van der Waals surface area contributed by atoms with Crippen LogP contribution in [-0.2, 0) is 4.79 Å². The molecule has 1 aromatic rings. The molecule has 1 aliphatic heterocycles. The van der Waals surface area contributed by atoms with E-state index < -0.39 is 0 Å².